The Kier molecular flexibility index (Phi) is 4.59. The Morgan fingerprint density at radius 2 is 2.19 bits per heavy atom. The maximum absolute atomic E-state index is 12.2. The molecule has 0 unspecified atom stereocenters. The lowest BCUT2D eigenvalue weighted by molar-refractivity contribution is -0.136. The number of aromatic nitrogens is 2. The van der Waals surface area contributed by atoms with E-state index in [1.54, 1.807) is 29.0 Å². The highest BCUT2D eigenvalue weighted by Gasteiger charge is 2.13. The first-order chi connectivity index (χ1) is 9.99. The number of rotatable bonds is 5. The Labute approximate surface area is 126 Å². The van der Waals surface area contributed by atoms with Crippen molar-refractivity contribution in [1.29, 1.82) is 0 Å². The van der Waals surface area contributed by atoms with Gasteiger partial charge in [0.15, 0.2) is 0 Å². The Bertz CT molecular complexity index is 665. The van der Waals surface area contributed by atoms with Gasteiger partial charge in [-0.25, -0.2) is 0 Å². The molecule has 1 amide bonds. The Morgan fingerprint density at radius 3 is 2.76 bits per heavy atom. The molecule has 0 aliphatic heterocycles. The molecule has 2 heterocycles. The predicted octanol–water partition coefficient (Wildman–Crippen LogP) is 2.44. The van der Waals surface area contributed by atoms with Crippen molar-refractivity contribution in [3.05, 3.63) is 47.0 Å². The SMILES string of the molecule is CCn1cc(Cl)cc1C(=O)Nc1ccc(CC(=O)O)nc1. The molecule has 0 radical (unpaired) electrons. The maximum atomic E-state index is 12.2. The molecule has 2 rings (SSSR count). The zero-order valence-corrected chi connectivity index (χ0v) is 12.1. The summed E-state index contributed by atoms with van der Waals surface area (Å²) in [6.45, 7) is 2.54. The third-order valence-corrected chi connectivity index (χ3v) is 3.06. The molecule has 0 spiro atoms. The van der Waals surface area contributed by atoms with Gasteiger partial charge in [0.1, 0.15) is 5.69 Å². The van der Waals surface area contributed by atoms with Crippen molar-refractivity contribution < 1.29 is 14.7 Å². The fourth-order valence-electron chi connectivity index (χ4n) is 1.88. The van der Waals surface area contributed by atoms with Gasteiger partial charge in [0.25, 0.3) is 5.91 Å². The van der Waals surface area contributed by atoms with E-state index in [4.69, 9.17) is 16.7 Å². The Balaban J connectivity index is 2.10. The largest absolute Gasteiger partial charge is 0.481 e. The molecule has 0 bridgehead atoms. The molecule has 21 heavy (non-hydrogen) atoms. The van der Waals surface area contributed by atoms with E-state index in [-0.39, 0.29) is 12.3 Å². The van der Waals surface area contributed by atoms with Crippen LogP contribution in [0.1, 0.15) is 23.1 Å². The van der Waals surface area contributed by atoms with E-state index in [1.165, 1.54) is 6.20 Å². The van der Waals surface area contributed by atoms with Crippen LogP contribution in [0.3, 0.4) is 0 Å². The molecular weight excluding hydrogens is 294 g/mol. The number of carboxylic acids is 1. The smallest absolute Gasteiger partial charge is 0.309 e. The quantitative estimate of drug-likeness (QED) is 0.888. The summed E-state index contributed by atoms with van der Waals surface area (Å²) in [6, 6.07) is 4.77. The van der Waals surface area contributed by atoms with Gasteiger partial charge in [0.2, 0.25) is 0 Å². The number of aliphatic carboxylic acids is 1. The number of amides is 1. The van der Waals surface area contributed by atoms with Crippen LogP contribution in [0, 0.1) is 0 Å². The summed E-state index contributed by atoms with van der Waals surface area (Å²) >= 11 is 5.89. The molecule has 0 fully saturated rings. The number of hydrogen-bond acceptors (Lipinski definition) is 3. The van der Waals surface area contributed by atoms with Crippen molar-refractivity contribution >= 4 is 29.2 Å². The topological polar surface area (TPSA) is 84.2 Å². The fourth-order valence-corrected chi connectivity index (χ4v) is 2.10. The highest BCUT2D eigenvalue weighted by molar-refractivity contribution is 6.31. The van der Waals surface area contributed by atoms with E-state index in [1.807, 2.05) is 6.92 Å². The fraction of sp³-hybridized carbons (Fsp3) is 0.214. The summed E-state index contributed by atoms with van der Waals surface area (Å²) in [5.41, 5.74) is 1.38. The molecule has 0 aromatic carbocycles. The first-order valence-electron chi connectivity index (χ1n) is 6.33. The van der Waals surface area contributed by atoms with Crippen LogP contribution >= 0.6 is 11.6 Å². The number of carbonyl (C=O) groups is 2. The number of hydrogen-bond donors (Lipinski definition) is 2. The lowest BCUT2D eigenvalue weighted by Crippen LogP contribution is -2.16. The van der Waals surface area contributed by atoms with Crippen LogP contribution < -0.4 is 5.32 Å². The molecule has 110 valence electrons. The lowest BCUT2D eigenvalue weighted by atomic mass is 10.2. The van der Waals surface area contributed by atoms with E-state index < -0.39 is 5.97 Å². The first-order valence-corrected chi connectivity index (χ1v) is 6.71. The van der Waals surface area contributed by atoms with Gasteiger partial charge in [0, 0.05) is 12.7 Å². The third-order valence-electron chi connectivity index (χ3n) is 2.85. The molecule has 0 atom stereocenters. The number of nitrogens with one attached hydrogen (secondary N) is 1. The highest BCUT2D eigenvalue weighted by atomic mass is 35.5. The van der Waals surface area contributed by atoms with E-state index in [0.717, 1.165) is 0 Å². The molecule has 2 aromatic heterocycles. The molecule has 7 heteroatoms. The van der Waals surface area contributed by atoms with Crippen molar-refractivity contribution in [2.24, 2.45) is 0 Å². The van der Waals surface area contributed by atoms with E-state index in [0.29, 0.717) is 28.6 Å². The summed E-state index contributed by atoms with van der Waals surface area (Å²) in [5, 5.41) is 11.9. The van der Waals surface area contributed by atoms with E-state index in [9.17, 15) is 9.59 Å². The minimum atomic E-state index is -0.949. The van der Waals surface area contributed by atoms with Crippen LogP contribution in [0.25, 0.3) is 0 Å². The molecule has 0 saturated carbocycles. The van der Waals surface area contributed by atoms with Crippen molar-refractivity contribution in [2.75, 3.05) is 5.32 Å². The average Bonchev–Trinajstić information content (AvgIpc) is 2.82. The number of nitrogens with zero attached hydrogens (tertiary/aromatic N) is 2. The normalized spacial score (nSPS) is 10.4. The molecule has 2 aromatic rings. The molecule has 0 aliphatic carbocycles. The van der Waals surface area contributed by atoms with Gasteiger partial charge in [0.05, 0.1) is 29.0 Å². The number of pyridine rings is 1. The first kappa shape index (κ1) is 15.1. The summed E-state index contributed by atoms with van der Waals surface area (Å²) in [7, 11) is 0. The number of halogens is 1. The number of carboxylic acid groups (broad SMARTS) is 1. The Hall–Kier alpha value is -2.34. The molecular formula is C14H14ClN3O3. The Morgan fingerprint density at radius 1 is 1.43 bits per heavy atom. The van der Waals surface area contributed by atoms with Gasteiger partial charge in [-0.15, -0.1) is 0 Å². The maximum Gasteiger partial charge on any atom is 0.309 e. The van der Waals surface area contributed by atoms with Crippen LogP contribution in [0.15, 0.2) is 30.6 Å². The van der Waals surface area contributed by atoms with Crippen molar-refractivity contribution in [1.82, 2.24) is 9.55 Å². The lowest BCUT2D eigenvalue weighted by Gasteiger charge is -2.07. The van der Waals surface area contributed by atoms with Crippen LogP contribution in [0.2, 0.25) is 5.02 Å². The summed E-state index contributed by atoms with van der Waals surface area (Å²) < 4.78 is 1.74. The van der Waals surface area contributed by atoms with Gasteiger partial charge in [-0.05, 0) is 25.1 Å². The minimum Gasteiger partial charge on any atom is -0.481 e. The monoisotopic (exact) mass is 307 g/mol. The molecule has 0 saturated heterocycles. The zero-order valence-electron chi connectivity index (χ0n) is 11.3. The summed E-state index contributed by atoms with van der Waals surface area (Å²) in [6.07, 6.45) is 2.96. The predicted molar refractivity (Wildman–Crippen MR) is 78.6 cm³/mol. The van der Waals surface area contributed by atoms with Gasteiger partial charge in [-0.2, -0.15) is 0 Å². The highest BCUT2D eigenvalue weighted by Crippen LogP contribution is 2.16. The average molecular weight is 308 g/mol. The second-order valence-corrected chi connectivity index (χ2v) is 4.83. The second-order valence-electron chi connectivity index (χ2n) is 4.39. The van der Waals surface area contributed by atoms with Crippen molar-refractivity contribution in [3.8, 4) is 0 Å². The van der Waals surface area contributed by atoms with Crippen LogP contribution in [0.4, 0.5) is 5.69 Å². The molecule has 6 nitrogen and oxygen atoms in total. The van der Waals surface area contributed by atoms with E-state index in [2.05, 4.69) is 10.3 Å². The zero-order chi connectivity index (χ0) is 15.4. The van der Waals surface area contributed by atoms with Gasteiger partial charge < -0.3 is 15.0 Å². The number of carbonyl (C=O) groups excluding carboxylic acids is 1. The van der Waals surface area contributed by atoms with Crippen molar-refractivity contribution in [3.63, 3.8) is 0 Å². The molecule has 2 N–H and O–H groups in total. The standard InChI is InChI=1S/C14H14ClN3O3/c1-2-18-8-9(15)5-12(18)14(21)17-11-4-3-10(16-7-11)6-13(19)20/h3-5,7-8H,2,6H2,1H3,(H,17,21)(H,19,20). The van der Waals surface area contributed by atoms with Crippen molar-refractivity contribution in [2.45, 2.75) is 19.9 Å². The van der Waals surface area contributed by atoms with Crippen LogP contribution in [0.5, 0.6) is 0 Å². The second kappa shape index (κ2) is 6.41. The van der Waals surface area contributed by atoms with Crippen LogP contribution in [-0.4, -0.2) is 26.5 Å². The van der Waals surface area contributed by atoms with Crippen LogP contribution in [-0.2, 0) is 17.8 Å². The summed E-state index contributed by atoms with van der Waals surface area (Å²) in [5.74, 6) is -1.24. The third kappa shape index (κ3) is 3.82. The van der Waals surface area contributed by atoms with E-state index >= 15 is 0 Å². The summed E-state index contributed by atoms with van der Waals surface area (Å²) in [4.78, 5) is 26.7. The number of anilines is 1. The van der Waals surface area contributed by atoms with Gasteiger partial charge in [-0.1, -0.05) is 11.6 Å². The number of aryl methyl sites for hydroxylation is 1. The minimum absolute atomic E-state index is 0.150. The van der Waals surface area contributed by atoms with Gasteiger partial charge >= 0.3 is 5.97 Å². The van der Waals surface area contributed by atoms with Gasteiger partial charge in [-0.3, -0.25) is 14.6 Å². The molecule has 0 aliphatic rings.